The number of aliphatic hydroxyl groups is 1. The zero-order valence-corrected chi connectivity index (χ0v) is 13.1. The van der Waals surface area contributed by atoms with Crippen molar-refractivity contribution >= 4 is 12.2 Å². The number of nitrogens with one attached hydrogen (secondary N) is 1. The summed E-state index contributed by atoms with van der Waals surface area (Å²) in [6.45, 7) is 5.55. The number of rotatable bonds is 6. The molecule has 0 unspecified atom stereocenters. The number of aliphatic hydroxyl groups excluding tert-OH is 1. The van der Waals surface area contributed by atoms with Crippen LogP contribution in [0.4, 0.5) is 9.18 Å². The monoisotopic (exact) mass is 311 g/mol. The molecule has 0 aromatic heterocycles. The van der Waals surface area contributed by atoms with Gasteiger partial charge in [0.05, 0.1) is 6.61 Å². The highest BCUT2D eigenvalue weighted by molar-refractivity contribution is 5.68. The Morgan fingerprint density at radius 2 is 2.14 bits per heavy atom. The molecule has 1 rings (SSSR count). The quantitative estimate of drug-likeness (QED) is 0.847. The number of carbonyl (C=O) groups excluding carboxylic acids is 1. The maximum absolute atomic E-state index is 13.2. The normalized spacial score (nSPS) is 11.5. The highest BCUT2D eigenvalue weighted by Gasteiger charge is 2.15. The number of benzene rings is 1. The highest BCUT2D eigenvalue weighted by Crippen LogP contribution is 2.21. The molecule has 5 nitrogen and oxygen atoms in total. The first kappa shape index (κ1) is 18.0. The van der Waals surface area contributed by atoms with Crippen LogP contribution in [-0.4, -0.2) is 36.6 Å². The molecule has 0 aliphatic heterocycles. The van der Waals surface area contributed by atoms with Gasteiger partial charge in [-0.05, 0) is 32.9 Å². The number of carbonyl (C=O) groups is 1. The molecule has 0 heterocycles. The molecule has 1 aromatic rings. The predicted molar refractivity (Wildman–Crippen MR) is 82.3 cm³/mol. The number of hydrogen-bond acceptors (Lipinski definition) is 4. The van der Waals surface area contributed by atoms with Gasteiger partial charge in [0.2, 0.25) is 0 Å². The molecule has 1 amide bonds. The molecule has 122 valence electrons. The number of halogens is 1. The largest absolute Gasteiger partial charge is 0.490 e. The zero-order chi connectivity index (χ0) is 16.6. The molecular formula is C16H22FNO4. The Hall–Kier alpha value is -2.08. The molecule has 0 bridgehead atoms. The molecular weight excluding hydrogens is 289 g/mol. The summed E-state index contributed by atoms with van der Waals surface area (Å²) >= 11 is 0. The predicted octanol–water partition coefficient (Wildman–Crippen LogP) is 2.73. The van der Waals surface area contributed by atoms with Crippen molar-refractivity contribution < 1.29 is 23.8 Å². The Labute approximate surface area is 129 Å². The third kappa shape index (κ3) is 7.08. The fraction of sp³-hybridized carbons (Fsp3) is 0.438. The Kier molecular flexibility index (Phi) is 6.85. The molecule has 0 spiro atoms. The van der Waals surface area contributed by atoms with Crippen LogP contribution in [0.2, 0.25) is 0 Å². The molecule has 22 heavy (non-hydrogen) atoms. The average molecular weight is 311 g/mol. The van der Waals surface area contributed by atoms with Crippen molar-refractivity contribution in [3.63, 3.8) is 0 Å². The lowest BCUT2D eigenvalue weighted by atomic mass is 10.2. The first-order chi connectivity index (χ1) is 10.3. The molecule has 2 N–H and O–H groups in total. The van der Waals surface area contributed by atoms with Crippen molar-refractivity contribution in [1.82, 2.24) is 5.32 Å². The Balaban J connectivity index is 2.57. The number of hydrogen-bond donors (Lipinski definition) is 2. The second kappa shape index (κ2) is 8.38. The van der Waals surface area contributed by atoms with Crippen LogP contribution >= 0.6 is 0 Å². The summed E-state index contributed by atoms with van der Waals surface area (Å²) in [5.41, 5.74) is 0.108. The summed E-state index contributed by atoms with van der Waals surface area (Å²) < 4.78 is 23.5. The molecule has 0 atom stereocenters. The molecule has 0 saturated heterocycles. The van der Waals surface area contributed by atoms with Crippen molar-refractivity contribution in [3.05, 3.63) is 35.7 Å². The lowest BCUT2D eigenvalue weighted by molar-refractivity contribution is 0.0534. The summed E-state index contributed by atoms with van der Waals surface area (Å²) in [7, 11) is 0. The molecule has 0 fully saturated rings. The minimum atomic E-state index is -0.546. The van der Waals surface area contributed by atoms with E-state index in [1.807, 2.05) is 0 Å². The number of alkyl carbamates (subject to hydrolysis) is 1. The van der Waals surface area contributed by atoms with E-state index in [4.69, 9.17) is 14.6 Å². The van der Waals surface area contributed by atoms with Gasteiger partial charge in [0.1, 0.15) is 23.8 Å². The summed E-state index contributed by atoms with van der Waals surface area (Å²) in [6.07, 6.45) is 2.89. The van der Waals surface area contributed by atoms with E-state index in [0.717, 1.165) is 0 Å². The van der Waals surface area contributed by atoms with Gasteiger partial charge in [-0.25, -0.2) is 9.18 Å². The zero-order valence-electron chi connectivity index (χ0n) is 13.1. The van der Waals surface area contributed by atoms with Crippen molar-refractivity contribution in [2.75, 3.05) is 19.8 Å². The van der Waals surface area contributed by atoms with Crippen molar-refractivity contribution in [3.8, 4) is 5.75 Å². The molecule has 6 heteroatoms. The molecule has 0 radical (unpaired) electrons. The van der Waals surface area contributed by atoms with Crippen molar-refractivity contribution in [2.24, 2.45) is 0 Å². The van der Waals surface area contributed by atoms with Gasteiger partial charge in [-0.3, -0.25) is 0 Å². The van der Waals surface area contributed by atoms with Crippen LogP contribution in [-0.2, 0) is 4.74 Å². The van der Waals surface area contributed by atoms with Gasteiger partial charge in [0.15, 0.2) is 0 Å². The molecule has 0 saturated carbocycles. The van der Waals surface area contributed by atoms with Crippen LogP contribution in [0.3, 0.4) is 0 Å². The minimum Gasteiger partial charge on any atom is -0.490 e. The average Bonchev–Trinajstić information content (AvgIpc) is 2.41. The van der Waals surface area contributed by atoms with Gasteiger partial charge in [-0.1, -0.05) is 12.2 Å². The third-order valence-electron chi connectivity index (χ3n) is 2.39. The van der Waals surface area contributed by atoms with E-state index in [-0.39, 0.29) is 19.8 Å². The summed E-state index contributed by atoms with van der Waals surface area (Å²) in [5.74, 6) is -0.0838. The fourth-order valence-electron chi connectivity index (χ4n) is 1.57. The van der Waals surface area contributed by atoms with E-state index in [1.165, 1.54) is 12.1 Å². The lowest BCUT2D eigenvalue weighted by Crippen LogP contribution is -2.32. The number of ether oxygens (including phenoxy) is 2. The van der Waals surface area contributed by atoms with Crippen molar-refractivity contribution in [2.45, 2.75) is 26.4 Å². The van der Waals surface area contributed by atoms with Crippen LogP contribution < -0.4 is 10.1 Å². The second-order valence-electron chi connectivity index (χ2n) is 5.54. The Bertz CT molecular complexity index is 523. The van der Waals surface area contributed by atoms with E-state index >= 15 is 0 Å². The van der Waals surface area contributed by atoms with Crippen LogP contribution in [0.1, 0.15) is 26.3 Å². The third-order valence-corrected chi connectivity index (χ3v) is 2.39. The van der Waals surface area contributed by atoms with E-state index < -0.39 is 17.5 Å². The molecule has 0 aliphatic carbocycles. The van der Waals surface area contributed by atoms with E-state index in [2.05, 4.69) is 5.32 Å². The number of amides is 1. The first-order valence-electron chi connectivity index (χ1n) is 6.98. The summed E-state index contributed by atoms with van der Waals surface area (Å²) in [4.78, 5) is 11.5. The van der Waals surface area contributed by atoms with Crippen LogP contribution in [0.5, 0.6) is 5.75 Å². The second-order valence-corrected chi connectivity index (χ2v) is 5.54. The smallest absolute Gasteiger partial charge is 0.407 e. The van der Waals surface area contributed by atoms with Gasteiger partial charge in [-0.2, -0.15) is 0 Å². The van der Waals surface area contributed by atoms with Gasteiger partial charge in [0.25, 0.3) is 0 Å². The van der Waals surface area contributed by atoms with E-state index in [0.29, 0.717) is 11.3 Å². The Morgan fingerprint density at radius 1 is 1.41 bits per heavy atom. The van der Waals surface area contributed by atoms with Gasteiger partial charge in [-0.15, -0.1) is 0 Å². The SMILES string of the molecule is CC(C)(C)OC(=O)NC/C=C/c1ccc(F)cc1OCCO. The Morgan fingerprint density at radius 3 is 2.77 bits per heavy atom. The molecule has 1 aromatic carbocycles. The fourth-order valence-corrected chi connectivity index (χ4v) is 1.57. The maximum atomic E-state index is 13.2. The highest BCUT2D eigenvalue weighted by atomic mass is 19.1. The first-order valence-corrected chi connectivity index (χ1v) is 6.98. The minimum absolute atomic E-state index is 0.0838. The van der Waals surface area contributed by atoms with Crippen LogP contribution in [0.15, 0.2) is 24.3 Å². The van der Waals surface area contributed by atoms with Crippen LogP contribution in [0.25, 0.3) is 6.08 Å². The van der Waals surface area contributed by atoms with E-state index in [1.54, 1.807) is 39.0 Å². The summed E-state index contributed by atoms with van der Waals surface area (Å²) in [5, 5.41) is 11.3. The van der Waals surface area contributed by atoms with Crippen LogP contribution in [0, 0.1) is 5.82 Å². The topological polar surface area (TPSA) is 67.8 Å². The lowest BCUT2D eigenvalue weighted by Gasteiger charge is -2.19. The summed E-state index contributed by atoms with van der Waals surface area (Å²) in [6, 6.07) is 4.12. The van der Waals surface area contributed by atoms with Gasteiger partial charge >= 0.3 is 6.09 Å². The van der Waals surface area contributed by atoms with Gasteiger partial charge in [0, 0.05) is 18.2 Å². The standard InChI is InChI=1S/C16H22FNO4/c1-16(2,3)22-15(20)18-8-4-5-12-6-7-13(17)11-14(12)21-10-9-19/h4-7,11,19H,8-10H2,1-3H3,(H,18,20)/b5-4+. The van der Waals surface area contributed by atoms with E-state index in [9.17, 15) is 9.18 Å². The van der Waals surface area contributed by atoms with Crippen molar-refractivity contribution in [1.29, 1.82) is 0 Å². The molecule has 0 aliphatic rings. The maximum Gasteiger partial charge on any atom is 0.407 e. The van der Waals surface area contributed by atoms with Gasteiger partial charge < -0.3 is 19.9 Å².